The number of hydrazone groups is 1. The molecule has 7 heteroatoms. The van der Waals surface area contributed by atoms with Crippen LogP contribution in [0.2, 0.25) is 0 Å². The second-order valence-corrected chi connectivity index (χ2v) is 6.18. The maximum atomic E-state index is 12.1. The van der Waals surface area contributed by atoms with E-state index in [1.807, 2.05) is 41.2 Å². The molecule has 0 atom stereocenters. The van der Waals surface area contributed by atoms with Gasteiger partial charge in [0.2, 0.25) is 0 Å². The van der Waals surface area contributed by atoms with Crippen molar-refractivity contribution >= 4 is 44.0 Å². The Labute approximate surface area is 149 Å². The van der Waals surface area contributed by atoms with Crippen molar-refractivity contribution in [2.24, 2.45) is 5.10 Å². The second kappa shape index (κ2) is 6.97. The van der Waals surface area contributed by atoms with E-state index in [1.165, 1.54) is 6.21 Å². The standard InChI is InChI=1S/C16H11Br2N3O2/c17-14-9-13(23-15(14)18)10-19-20-16(22)11-4-3-5-12(8-11)21-6-1-2-7-21/h1-10H,(H,20,22)/b19-10+. The molecule has 0 unspecified atom stereocenters. The predicted octanol–water partition coefficient (Wildman–Crippen LogP) is 4.36. The lowest BCUT2D eigenvalue weighted by atomic mass is 10.2. The average molecular weight is 437 g/mol. The summed E-state index contributed by atoms with van der Waals surface area (Å²) in [5.41, 5.74) is 3.91. The van der Waals surface area contributed by atoms with Gasteiger partial charge in [-0.25, -0.2) is 5.43 Å². The average Bonchev–Trinajstić information content (AvgIpc) is 3.18. The van der Waals surface area contributed by atoms with E-state index < -0.39 is 0 Å². The molecule has 1 amide bonds. The molecule has 3 rings (SSSR count). The molecular weight excluding hydrogens is 426 g/mol. The largest absolute Gasteiger partial charge is 0.447 e. The molecule has 0 saturated carbocycles. The van der Waals surface area contributed by atoms with Crippen molar-refractivity contribution in [3.05, 3.63) is 75.3 Å². The molecule has 0 saturated heterocycles. The molecule has 116 valence electrons. The van der Waals surface area contributed by atoms with E-state index in [2.05, 4.69) is 42.4 Å². The van der Waals surface area contributed by atoms with Crippen LogP contribution in [0.1, 0.15) is 16.1 Å². The number of amides is 1. The minimum absolute atomic E-state index is 0.292. The summed E-state index contributed by atoms with van der Waals surface area (Å²) in [6.07, 6.45) is 5.27. The molecule has 3 aromatic rings. The summed E-state index contributed by atoms with van der Waals surface area (Å²) in [4.78, 5) is 12.1. The molecular formula is C16H11Br2N3O2. The highest BCUT2D eigenvalue weighted by molar-refractivity contribution is 9.13. The molecule has 0 aliphatic carbocycles. The van der Waals surface area contributed by atoms with Crippen molar-refractivity contribution in [1.29, 1.82) is 0 Å². The summed E-state index contributed by atoms with van der Waals surface area (Å²) in [6.45, 7) is 0. The zero-order valence-corrected chi connectivity index (χ0v) is 14.9. The number of nitrogens with zero attached hydrogens (tertiary/aromatic N) is 2. The van der Waals surface area contributed by atoms with E-state index in [1.54, 1.807) is 18.2 Å². The van der Waals surface area contributed by atoms with Crippen molar-refractivity contribution in [2.45, 2.75) is 0 Å². The van der Waals surface area contributed by atoms with Crippen molar-refractivity contribution in [1.82, 2.24) is 9.99 Å². The van der Waals surface area contributed by atoms with Gasteiger partial charge in [0.25, 0.3) is 5.91 Å². The lowest BCUT2D eigenvalue weighted by molar-refractivity contribution is 0.0955. The molecule has 23 heavy (non-hydrogen) atoms. The van der Waals surface area contributed by atoms with E-state index in [9.17, 15) is 4.79 Å². The highest BCUT2D eigenvalue weighted by atomic mass is 79.9. The number of halogens is 2. The van der Waals surface area contributed by atoms with Gasteiger partial charge in [-0.1, -0.05) is 6.07 Å². The highest BCUT2D eigenvalue weighted by Gasteiger charge is 2.07. The Bertz CT molecular complexity index is 835. The third kappa shape index (κ3) is 3.80. The minimum Gasteiger partial charge on any atom is -0.447 e. The van der Waals surface area contributed by atoms with Gasteiger partial charge in [-0.05, 0) is 62.2 Å². The maximum absolute atomic E-state index is 12.1. The van der Waals surface area contributed by atoms with Crippen LogP contribution in [0.25, 0.3) is 5.69 Å². The van der Waals surface area contributed by atoms with Gasteiger partial charge in [0.05, 0.1) is 10.7 Å². The molecule has 0 aliphatic rings. The van der Waals surface area contributed by atoms with Crippen molar-refractivity contribution in [3.63, 3.8) is 0 Å². The van der Waals surface area contributed by atoms with Crippen LogP contribution >= 0.6 is 31.9 Å². The van der Waals surface area contributed by atoms with Crippen LogP contribution in [0.5, 0.6) is 0 Å². The van der Waals surface area contributed by atoms with Gasteiger partial charge in [-0.3, -0.25) is 4.79 Å². The topological polar surface area (TPSA) is 59.5 Å². The van der Waals surface area contributed by atoms with Gasteiger partial charge < -0.3 is 8.98 Å². The van der Waals surface area contributed by atoms with Gasteiger partial charge in [0.1, 0.15) is 5.76 Å². The second-order valence-electron chi connectivity index (χ2n) is 4.61. The summed E-state index contributed by atoms with van der Waals surface area (Å²) in [5, 5.41) is 3.90. The number of carbonyl (C=O) groups is 1. The molecule has 0 radical (unpaired) electrons. The number of carbonyl (C=O) groups excluding carboxylic acids is 1. The van der Waals surface area contributed by atoms with Crippen LogP contribution in [-0.2, 0) is 0 Å². The summed E-state index contributed by atoms with van der Waals surface area (Å²) in [7, 11) is 0. The van der Waals surface area contributed by atoms with Gasteiger partial charge in [0.15, 0.2) is 4.67 Å². The summed E-state index contributed by atoms with van der Waals surface area (Å²) < 4.78 is 8.62. The van der Waals surface area contributed by atoms with E-state index in [4.69, 9.17) is 4.42 Å². The number of benzene rings is 1. The Hall–Kier alpha value is -2.12. The van der Waals surface area contributed by atoms with Crippen LogP contribution in [0.4, 0.5) is 0 Å². The number of nitrogens with one attached hydrogen (secondary N) is 1. The summed E-state index contributed by atoms with van der Waals surface area (Å²) in [6, 6.07) is 12.9. The first-order valence-electron chi connectivity index (χ1n) is 6.65. The zero-order chi connectivity index (χ0) is 16.2. The van der Waals surface area contributed by atoms with Gasteiger partial charge in [-0.2, -0.15) is 5.10 Å². The SMILES string of the molecule is O=C(N/N=C/c1cc(Br)c(Br)o1)c1cccc(-n2cccc2)c1. The Morgan fingerprint density at radius 1 is 1.17 bits per heavy atom. The fourth-order valence-corrected chi connectivity index (χ4v) is 2.57. The first-order valence-corrected chi connectivity index (χ1v) is 8.24. The molecule has 2 heterocycles. The number of hydrogen-bond donors (Lipinski definition) is 1. The quantitative estimate of drug-likeness (QED) is 0.488. The van der Waals surface area contributed by atoms with Crippen molar-refractivity contribution < 1.29 is 9.21 Å². The van der Waals surface area contributed by atoms with Gasteiger partial charge in [0, 0.05) is 29.7 Å². The molecule has 0 spiro atoms. The van der Waals surface area contributed by atoms with E-state index in [0.717, 1.165) is 10.2 Å². The molecule has 0 bridgehead atoms. The van der Waals surface area contributed by atoms with Gasteiger partial charge in [-0.15, -0.1) is 0 Å². The summed E-state index contributed by atoms with van der Waals surface area (Å²) in [5.74, 6) is 0.227. The molecule has 2 aromatic heterocycles. The first-order chi connectivity index (χ1) is 11.1. The summed E-state index contributed by atoms with van der Waals surface area (Å²) >= 11 is 6.54. The lowest BCUT2D eigenvalue weighted by Crippen LogP contribution is -2.17. The Balaban J connectivity index is 1.70. The molecule has 0 fully saturated rings. The maximum Gasteiger partial charge on any atom is 0.271 e. The van der Waals surface area contributed by atoms with Crippen LogP contribution in [0.15, 0.2) is 73.5 Å². The Morgan fingerprint density at radius 2 is 1.96 bits per heavy atom. The van der Waals surface area contributed by atoms with E-state index in [0.29, 0.717) is 16.0 Å². The third-order valence-corrected chi connectivity index (χ3v) is 4.74. The first kappa shape index (κ1) is 15.8. The molecule has 5 nitrogen and oxygen atoms in total. The van der Waals surface area contributed by atoms with Gasteiger partial charge >= 0.3 is 0 Å². The van der Waals surface area contributed by atoms with Crippen LogP contribution in [0, 0.1) is 0 Å². The fraction of sp³-hybridized carbons (Fsp3) is 0. The highest BCUT2D eigenvalue weighted by Crippen LogP contribution is 2.25. The van der Waals surface area contributed by atoms with Crippen molar-refractivity contribution in [3.8, 4) is 5.69 Å². The fourth-order valence-electron chi connectivity index (χ4n) is 1.96. The lowest BCUT2D eigenvalue weighted by Gasteiger charge is -2.05. The number of rotatable bonds is 4. The Morgan fingerprint density at radius 3 is 2.65 bits per heavy atom. The monoisotopic (exact) mass is 435 g/mol. The van der Waals surface area contributed by atoms with E-state index in [-0.39, 0.29) is 5.91 Å². The Kier molecular flexibility index (Phi) is 4.78. The van der Waals surface area contributed by atoms with Crippen LogP contribution in [0.3, 0.4) is 0 Å². The number of aromatic nitrogens is 1. The van der Waals surface area contributed by atoms with Crippen LogP contribution in [-0.4, -0.2) is 16.7 Å². The number of furan rings is 1. The smallest absolute Gasteiger partial charge is 0.271 e. The normalized spacial score (nSPS) is 11.0. The molecule has 1 N–H and O–H groups in total. The predicted molar refractivity (Wildman–Crippen MR) is 94.9 cm³/mol. The minimum atomic E-state index is -0.292. The zero-order valence-electron chi connectivity index (χ0n) is 11.7. The molecule has 0 aliphatic heterocycles. The van der Waals surface area contributed by atoms with E-state index >= 15 is 0 Å². The number of hydrogen-bond acceptors (Lipinski definition) is 3. The van der Waals surface area contributed by atoms with Crippen molar-refractivity contribution in [2.75, 3.05) is 0 Å². The third-order valence-electron chi connectivity index (χ3n) is 3.03. The molecule has 1 aromatic carbocycles. The van der Waals surface area contributed by atoms with Crippen LogP contribution < -0.4 is 5.43 Å².